The summed E-state index contributed by atoms with van der Waals surface area (Å²) in [4.78, 5) is 14.9. The number of nitrogens with zero attached hydrogens (tertiary/aromatic N) is 1. The van der Waals surface area contributed by atoms with Crippen LogP contribution in [0.5, 0.6) is 11.5 Å². The molecule has 0 radical (unpaired) electrons. The molecule has 2 heterocycles. The van der Waals surface area contributed by atoms with Gasteiger partial charge in [-0.3, -0.25) is 4.79 Å². The summed E-state index contributed by atoms with van der Waals surface area (Å²) in [6.45, 7) is 3.91. The highest BCUT2D eigenvalue weighted by molar-refractivity contribution is 5.94. The van der Waals surface area contributed by atoms with Crippen molar-refractivity contribution in [3.05, 3.63) is 60.2 Å². The first-order chi connectivity index (χ1) is 12.3. The molecule has 4 nitrogen and oxygen atoms in total. The van der Waals surface area contributed by atoms with Gasteiger partial charge in [-0.25, -0.2) is 0 Å². The lowest BCUT2D eigenvalue weighted by atomic mass is 9.92. The molecular weight excluding hydrogens is 312 g/mol. The van der Waals surface area contributed by atoms with Crippen LogP contribution in [0.4, 0.5) is 0 Å². The van der Waals surface area contributed by atoms with Crippen LogP contribution in [0.15, 0.2) is 54.6 Å². The molecule has 2 saturated heterocycles. The number of benzene rings is 2. The Hall–Kier alpha value is -2.33. The van der Waals surface area contributed by atoms with Crippen molar-refractivity contribution in [1.82, 2.24) is 10.2 Å². The van der Waals surface area contributed by atoms with Crippen LogP contribution >= 0.6 is 0 Å². The van der Waals surface area contributed by atoms with E-state index in [4.69, 9.17) is 4.74 Å². The summed E-state index contributed by atoms with van der Waals surface area (Å²) in [5, 5.41) is 3.48. The van der Waals surface area contributed by atoms with Gasteiger partial charge in [0.15, 0.2) is 0 Å². The largest absolute Gasteiger partial charge is 0.457 e. The lowest BCUT2D eigenvalue weighted by Crippen LogP contribution is -2.32. The molecule has 0 bridgehead atoms. The second kappa shape index (κ2) is 7.28. The molecule has 0 spiro atoms. The summed E-state index contributed by atoms with van der Waals surface area (Å²) in [5.41, 5.74) is 0.707. The Morgan fingerprint density at radius 1 is 0.920 bits per heavy atom. The highest BCUT2D eigenvalue weighted by Gasteiger charge is 2.31. The monoisotopic (exact) mass is 336 g/mol. The number of fused-ring (bicyclic) bond motifs is 1. The van der Waals surface area contributed by atoms with Gasteiger partial charge in [0.05, 0.1) is 0 Å². The highest BCUT2D eigenvalue weighted by atomic mass is 16.5. The minimum atomic E-state index is 0.117. The van der Waals surface area contributed by atoms with Crippen molar-refractivity contribution in [2.45, 2.75) is 12.8 Å². The highest BCUT2D eigenvalue weighted by Crippen LogP contribution is 2.28. The van der Waals surface area contributed by atoms with E-state index in [1.54, 1.807) is 0 Å². The van der Waals surface area contributed by atoms with Crippen LogP contribution in [-0.4, -0.2) is 37.0 Å². The van der Waals surface area contributed by atoms with Gasteiger partial charge >= 0.3 is 0 Å². The van der Waals surface area contributed by atoms with E-state index in [9.17, 15) is 4.79 Å². The number of amides is 1. The summed E-state index contributed by atoms with van der Waals surface area (Å²) in [5.74, 6) is 3.05. The second-order valence-electron chi connectivity index (χ2n) is 6.99. The molecule has 2 aliphatic rings. The van der Waals surface area contributed by atoms with Gasteiger partial charge in [0.1, 0.15) is 11.5 Å². The average Bonchev–Trinajstić information content (AvgIpc) is 3.01. The van der Waals surface area contributed by atoms with E-state index < -0.39 is 0 Å². The SMILES string of the molecule is O=C(c1cccc(Oc2ccccc2)c1)N1CC[C@@H]2CNC[C@@H]2CC1. The number of nitrogens with one attached hydrogen (secondary N) is 1. The van der Waals surface area contributed by atoms with Crippen molar-refractivity contribution in [1.29, 1.82) is 0 Å². The first kappa shape index (κ1) is 16.2. The normalized spacial score (nSPS) is 23.0. The molecule has 0 unspecified atom stereocenters. The topological polar surface area (TPSA) is 41.6 Å². The first-order valence-electron chi connectivity index (χ1n) is 9.12. The minimum absolute atomic E-state index is 0.117. The Morgan fingerprint density at radius 3 is 2.32 bits per heavy atom. The molecule has 0 saturated carbocycles. The van der Waals surface area contributed by atoms with Crippen LogP contribution in [0.3, 0.4) is 0 Å². The molecule has 1 amide bonds. The van der Waals surface area contributed by atoms with Crippen LogP contribution < -0.4 is 10.1 Å². The van der Waals surface area contributed by atoms with E-state index >= 15 is 0 Å². The number of carbonyl (C=O) groups excluding carboxylic acids is 1. The van der Waals surface area contributed by atoms with Crippen molar-refractivity contribution in [2.75, 3.05) is 26.2 Å². The number of rotatable bonds is 3. The third-order valence-corrected chi connectivity index (χ3v) is 5.37. The fraction of sp³-hybridized carbons (Fsp3) is 0.381. The Kier molecular flexibility index (Phi) is 4.70. The molecule has 0 aromatic heterocycles. The molecule has 2 aliphatic heterocycles. The molecule has 25 heavy (non-hydrogen) atoms. The van der Waals surface area contributed by atoms with Gasteiger partial charge in [-0.2, -0.15) is 0 Å². The van der Waals surface area contributed by atoms with Gasteiger partial charge < -0.3 is 15.0 Å². The number of carbonyl (C=O) groups is 1. The molecule has 1 N–H and O–H groups in total. The summed E-state index contributed by atoms with van der Waals surface area (Å²) in [7, 11) is 0. The predicted octanol–water partition coefficient (Wildman–Crippen LogP) is 3.55. The Bertz CT molecular complexity index is 718. The lowest BCUT2D eigenvalue weighted by Gasteiger charge is -2.21. The van der Waals surface area contributed by atoms with Gasteiger partial charge in [-0.1, -0.05) is 24.3 Å². The summed E-state index contributed by atoms with van der Waals surface area (Å²) < 4.78 is 5.86. The zero-order valence-electron chi connectivity index (χ0n) is 14.4. The first-order valence-corrected chi connectivity index (χ1v) is 9.12. The van der Waals surface area contributed by atoms with Crippen molar-refractivity contribution in [2.24, 2.45) is 11.8 Å². The Balaban J connectivity index is 1.46. The molecule has 2 aromatic carbocycles. The van der Waals surface area contributed by atoms with Crippen LogP contribution in [0, 0.1) is 11.8 Å². The quantitative estimate of drug-likeness (QED) is 0.932. The average molecular weight is 336 g/mol. The van der Waals surface area contributed by atoms with Crippen molar-refractivity contribution >= 4 is 5.91 Å². The van der Waals surface area contributed by atoms with Crippen LogP contribution in [0.2, 0.25) is 0 Å². The predicted molar refractivity (Wildman–Crippen MR) is 97.9 cm³/mol. The standard InChI is InChI=1S/C21H24N2O2/c24-21(23-11-9-17-14-22-15-18(17)10-12-23)16-5-4-8-20(13-16)25-19-6-2-1-3-7-19/h1-8,13,17-18,22H,9-12,14-15H2/t17-,18+. The number of likely N-dealkylation sites (tertiary alicyclic amines) is 1. The van der Waals surface area contributed by atoms with E-state index in [0.29, 0.717) is 11.3 Å². The Labute approximate surface area is 148 Å². The minimum Gasteiger partial charge on any atom is -0.457 e. The van der Waals surface area contributed by atoms with Crippen LogP contribution in [0.25, 0.3) is 0 Å². The van der Waals surface area contributed by atoms with Crippen LogP contribution in [0.1, 0.15) is 23.2 Å². The van der Waals surface area contributed by atoms with E-state index in [2.05, 4.69) is 5.32 Å². The molecule has 4 rings (SSSR count). The van der Waals surface area contributed by atoms with Gasteiger partial charge in [-0.05, 0) is 68.1 Å². The van der Waals surface area contributed by atoms with Crippen molar-refractivity contribution in [3.63, 3.8) is 0 Å². The smallest absolute Gasteiger partial charge is 0.253 e. The molecule has 2 aromatic rings. The zero-order valence-corrected chi connectivity index (χ0v) is 14.4. The molecule has 4 heteroatoms. The van der Waals surface area contributed by atoms with Crippen molar-refractivity contribution in [3.8, 4) is 11.5 Å². The molecule has 130 valence electrons. The van der Waals surface area contributed by atoms with E-state index in [1.165, 1.54) is 0 Å². The number of para-hydroxylation sites is 1. The zero-order chi connectivity index (χ0) is 17.1. The second-order valence-corrected chi connectivity index (χ2v) is 6.99. The van der Waals surface area contributed by atoms with Gasteiger partial charge in [0.25, 0.3) is 5.91 Å². The molecule has 2 atom stereocenters. The third-order valence-electron chi connectivity index (χ3n) is 5.37. The fourth-order valence-electron chi connectivity index (χ4n) is 3.92. The maximum atomic E-state index is 12.9. The van der Waals surface area contributed by atoms with Gasteiger partial charge in [-0.15, -0.1) is 0 Å². The third kappa shape index (κ3) is 3.69. The van der Waals surface area contributed by atoms with Gasteiger partial charge in [0.2, 0.25) is 0 Å². The fourth-order valence-corrected chi connectivity index (χ4v) is 3.92. The molecular formula is C21H24N2O2. The molecule has 0 aliphatic carbocycles. The van der Waals surface area contributed by atoms with Crippen molar-refractivity contribution < 1.29 is 9.53 Å². The number of hydrogen-bond acceptors (Lipinski definition) is 3. The number of ether oxygens (including phenoxy) is 1. The van der Waals surface area contributed by atoms with Crippen LogP contribution in [-0.2, 0) is 0 Å². The molecule has 2 fully saturated rings. The lowest BCUT2D eigenvalue weighted by molar-refractivity contribution is 0.0758. The number of hydrogen-bond donors (Lipinski definition) is 1. The summed E-state index contributed by atoms with van der Waals surface area (Å²) in [6.07, 6.45) is 2.20. The van der Waals surface area contributed by atoms with E-state index in [0.717, 1.165) is 56.6 Å². The summed E-state index contributed by atoms with van der Waals surface area (Å²) in [6, 6.07) is 17.2. The Morgan fingerprint density at radius 2 is 1.60 bits per heavy atom. The van der Waals surface area contributed by atoms with E-state index in [-0.39, 0.29) is 5.91 Å². The maximum Gasteiger partial charge on any atom is 0.253 e. The van der Waals surface area contributed by atoms with E-state index in [1.807, 2.05) is 59.5 Å². The maximum absolute atomic E-state index is 12.9. The summed E-state index contributed by atoms with van der Waals surface area (Å²) >= 11 is 0. The van der Waals surface area contributed by atoms with Gasteiger partial charge in [0, 0.05) is 18.7 Å².